The first-order valence-electron chi connectivity index (χ1n) is 9.52. The number of alkyl halides is 1. The molecule has 1 amide bonds. The highest BCUT2D eigenvalue weighted by Gasteiger charge is 2.30. The van der Waals surface area contributed by atoms with E-state index in [0.29, 0.717) is 5.76 Å². The molecule has 0 aliphatic heterocycles. The number of hydrogen-bond donors (Lipinski definition) is 2. The lowest BCUT2D eigenvalue weighted by molar-refractivity contribution is 0.0927. The summed E-state index contributed by atoms with van der Waals surface area (Å²) in [6.45, 7) is 1.99. The maximum Gasteiger partial charge on any atom is 0.274 e. The fourth-order valence-electron chi connectivity index (χ4n) is 3.68. The Labute approximate surface area is 205 Å². The van der Waals surface area contributed by atoms with Crippen molar-refractivity contribution in [3.05, 3.63) is 81.7 Å². The van der Waals surface area contributed by atoms with Gasteiger partial charge in [-0.05, 0) is 87.1 Å². The van der Waals surface area contributed by atoms with Crippen LogP contribution in [0.5, 0.6) is 0 Å². The molecule has 0 spiro atoms. The van der Waals surface area contributed by atoms with Gasteiger partial charge in [0.25, 0.3) is 5.91 Å². The van der Waals surface area contributed by atoms with Crippen LogP contribution in [0.1, 0.15) is 23.0 Å². The minimum atomic E-state index is -0.638. The Morgan fingerprint density at radius 2 is 1.94 bits per heavy atom. The van der Waals surface area contributed by atoms with E-state index in [2.05, 4.69) is 90.1 Å². The number of halogens is 2. The van der Waals surface area contributed by atoms with Crippen molar-refractivity contribution in [2.24, 2.45) is 0 Å². The van der Waals surface area contributed by atoms with Crippen molar-refractivity contribution in [1.29, 1.82) is 0 Å². The summed E-state index contributed by atoms with van der Waals surface area (Å²) in [5.74, 6) is 0.239. The van der Waals surface area contributed by atoms with Gasteiger partial charge in [0.2, 0.25) is 0 Å². The molecule has 154 valence electrons. The number of aromatic nitrogens is 3. The summed E-state index contributed by atoms with van der Waals surface area (Å²) in [6.07, 6.45) is 1.75. The third-order valence-electron chi connectivity index (χ3n) is 5.16. The topological polar surface area (TPSA) is 83.8 Å². The van der Waals surface area contributed by atoms with Crippen molar-refractivity contribution in [1.82, 2.24) is 20.7 Å². The van der Waals surface area contributed by atoms with Crippen LogP contribution < -0.4 is 5.32 Å². The van der Waals surface area contributed by atoms with Gasteiger partial charge in [-0.1, -0.05) is 35.5 Å². The molecule has 1 atom stereocenters. The Morgan fingerprint density at radius 1 is 1.10 bits per heavy atom. The summed E-state index contributed by atoms with van der Waals surface area (Å²) in [5.41, 5.74) is 3.07. The number of rotatable bonds is 4. The van der Waals surface area contributed by atoms with Gasteiger partial charge in [0.15, 0.2) is 11.5 Å². The van der Waals surface area contributed by atoms with Gasteiger partial charge in [-0.2, -0.15) is 5.10 Å². The van der Waals surface area contributed by atoms with Crippen LogP contribution >= 0.6 is 45.2 Å². The Balaban J connectivity index is 1.44. The molecule has 0 fully saturated rings. The normalized spacial score (nSPS) is 13.4. The average molecular weight is 634 g/mol. The third kappa shape index (κ3) is 3.82. The molecule has 31 heavy (non-hydrogen) atoms. The van der Waals surface area contributed by atoms with Gasteiger partial charge in [0, 0.05) is 26.1 Å². The largest absolute Gasteiger partial charge is 0.355 e. The number of H-pyrrole nitrogens is 1. The first-order chi connectivity index (χ1) is 14.9. The molecule has 2 heterocycles. The molecule has 0 radical (unpaired) electrons. The number of benzene rings is 3. The van der Waals surface area contributed by atoms with Crippen molar-refractivity contribution in [3.8, 4) is 11.3 Å². The lowest BCUT2D eigenvalue weighted by atomic mass is 9.99. The van der Waals surface area contributed by atoms with Crippen molar-refractivity contribution >= 4 is 72.8 Å². The zero-order chi connectivity index (χ0) is 21.6. The number of nitrogens with zero attached hydrogens (tertiary/aromatic N) is 2. The van der Waals surface area contributed by atoms with E-state index in [0.717, 1.165) is 36.4 Å². The van der Waals surface area contributed by atoms with Gasteiger partial charge in [0.1, 0.15) is 3.55 Å². The number of aromatic amines is 1. The molecule has 0 saturated carbocycles. The van der Waals surface area contributed by atoms with Crippen LogP contribution in [-0.2, 0) is 3.55 Å². The van der Waals surface area contributed by atoms with Gasteiger partial charge < -0.3 is 9.84 Å². The second-order valence-electron chi connectivity index (χ2n) is 7.35. The van der Waals surface area contributed by atoms with Gasteiger partial charge in [0.05, 0.1) is 11.7 Å². The van der Waals surface area contributed by atoms with Gasteiger partial charge in [-0.3, -0.25) is 9.89 Å². The van der Waals surface area contributed by atoms with Crippen LogP contribution in [0.25, 0.3) is 33.0 Å². The van der Waals surface area contributed by atoms with Crippen molar-refractivity contribution in [2.45, 2.75) is 10.5 Å². The molecule has 0 saturated heterocycles. The molecule has 2 N–H and O–H groups in total. The lowest BCUT2D eigenvalue weighted by Gasteiger charge is -2.27. The molecule has 0 unspecified atom stereocenters. The predicted octanol–water partition coefficient (Wildman–Crippen LogP) is 6.01. The predicted molar refractivity (Wildman–Crippen MR) is 137 cm³/mol. The molecule has 2 aromatic heterocycles. The summed E-state index contributed by atoms with van der Waals surface area (Å²) in [4.78, 5) is 13.0. The van der Waals surface area contributed by atoms with Crippen LogP contribution in [0.2, 0.25) is 0 Å². The first-order valence-corrected chi connectivity index (χ1v) is 11.7. The Bertz CT molecular complexity index is 1440. The minimum absolute atomic E-state index is 0.237. The molecule has 8 heteroatoms. The number of carbonyl (C=O) groups excluding carboxylic acids is 1. The third-order valence-corrected chi connectivity index (χ3v) is 6.87. The van der Waals surface area contributed by atoms with Crippen LogP contribution in [0.15, 0.2) is 71.4 Å². The number of amides is 1. The van der Waals surface area contributed by atoms with Crippen molar-refractivity contribution in [3.63, 3.8) is 0 Å². The SMILES string of the molecule is C[C@@](I)(NC(=O)c1cc(-c2ccc3[nH]ncc3c2)on1)c1c(I)ccc2ccccc12. The van der Waals surface area contributed by atoms with Crippen LogP contribution in [0, 0.1) is 3.57 Å². The smallest absolute Gasteiger partial charge is 0.274 e. The zero-order valence-corrected chi connectivity index (χ0v) is 20.6. The molecule has 6 nitrogen and oxygen atoms in total. The lowest BCUT2D eigenvalue weighted by Crippen LogP contribution is -2.39. The van der Waals surface area contributed by atoms with Crippen LogP contribution in [0.4, 0.5) is 0 Å². The number of hydrogen-bond acceptors (Lipinski definition) is 4. The van der Waals surface area contributed by atoms with Crippen LogP contribution in [-0.4, -0.2) is 21.3 Å². The Hall–Kier alpha value is -2.47. The number of carbonyl (C=O) groups is 1. The maximum absolute atomic E-state index is 13.0. The van der Waals surface area contributed by atoms with E-state index in [9.17, 15) is 4.79 Å². The fraction of sp³-hybridized carbons (Fsp3) is 0.0870. The summed E-state index contributed by atoms with van der Waals surface area (Å²) in [7, 11) is 0. The van der Waals surface area contributed by atoms with E-state index in [-0.39, 0.29) is 11.6 Å². The quantitative estimate of drug-likeness (QED) is 0.144. The highest BCUT2D eigenvalue weighted by Crippen LogP contribution is 2.37. The molecule has 0 aliphatic rings. The molecule has 5 rings (SSSR count). The second-order valence-corrected chi connectivity index (χ2v) is 10.7. The monoisotopic (exact) mass is 634 g/mol. The van der Waals surface area contributed by atoms with E-state index in [1.54, 1.807) is 12.3 Å². The van der Waals surface area contributed by atoms with E-state index in [4.69, 9.17) is 4.52 Å². The minimum Gasteiger partial charge on any atom is -0.355 e. The van der Waals surface area contributed by atoms with E-state index < -0.39 is 3.55 Å². The van der Waals surface area contributed by atoms with E-state index >= 15 is 0 Å². The summed E-state index contributed by atoms with van der Waals surface area (Å²) >= 11 is 4.59. The van der Waals surface area contributed by atoms with Gasteiger partial charge >= 0.3 is 0 Å². The summed E-state index contributed by atoms with van der Waals surface area (Å²) < 4.78 is 5.91. The highest BCUT2D eigenvalue weighted by atomic mass is 127. The maximum atomic E-state index is 13.0. The highest BCUT2D eigenvalue weighted by molar-refractivity contribution is 14.1. The molecule has 3 aromatic carbocycles. The number of nitrogens with one attached hydrogen (secondary N) is 2. The summed E-state index contributed by atoms with van der Waals surface area (Å²) in [6, 6.07) is 19.8. The van der Waals surface area contributed by atoms with Crippen molar-refractivity contribution in [2.75, 3.05) is 0 Å². The fourth-order valence-corrected chi connectivity index (χ4v) is 6.03. The van der Waals surface area contributed by atoms with Gasteiger partial charge in [-0.25, -0.2) is 0 Å². The van der Waals surface area contributed by atoms with E-state index in [1.807, 2.05) is 37.3 Å². The Kier molecular flexibility index (Phi) is 5.21. The summed E-state index contributed by atoms with van der Waals surface area (Å²) in [5, 5.41) is 17.3. The molecular weight excluding hydrogens is 618 g/mol. The molecule has 0 aliphatic carbocycles. The van der Waals surface area contributed by atoms with Crippen LogP contribution in [0.3, 0.4) is 0 Å². The van der Waals surface area contributed by atoms with E-state index in [1.165, 1.54) is 0 Å². The molecule has 0 bridgehead atoms. The van der Waals surface area contributed by atoms with Crippen molar-refractivity contribution < 1.29 is 9.32 Å². The van der Waals surface area contributed by atoms with Gasteiger partial charge in [-0.15, -0.1) is 0 Å². The zero-order valence-electron chi connectivity index (χ0n) is 16.3. The molecular formula is C23H16I2N4O2. The second kappa shape index (κ2) is 7.90. The Morgan fingerprint density at radius 3 is 2.81 bits per heavy atom. The average Bonchev–Trinajstić information content (AvgIpc) is 3.42. The first kappa shape index (κ1) is 20.4. The number of fused-ring (bicyclic) bond motifs is 2. The molecule has 5 aromatic rings. The standard InChI is InChI=1S/C23H16I2N4O2/c1-23(25,21-16-5-3-2-4-13(16)6-8-17(21)24)27-22(30)19-11-20(31-29-19)14-7-9-18-15(10-14)12-26-28-18/h2-12H,1H3,(H,26,28)(H,27,30)/t23-/m1/s1.